The zero-order valence-electron chi connectivity index (χ0n) is 11.7. The van der Waals surface area contributed by atoms with Gasteiger partial charge < -0.3 is 10.2 Å². The van der Waals surface area contributed by atoms with Gasteiger partial charge in [0.2, 0.25) is 5.91 Å². The lowest BCUT2D eigenvalue weighted by Crippen LogP contribution is -2.48. The number of likely N-dealkylation sites (tertiary alicyclic amines) is 1. The Labute approximate surface area is 105 Å². The standard InChI is InChI=1S/C13H27N3O/c1-5-8-15(4)10-16-9-11(2)6-7-12(14-3)13(16)17/h11-12,14H,5-10H2,1-4H3. The number of amides is 1. The van der Waals surface area contributed by atoms with Crippen molar-refractivity contribution in [1.29, 1.82) is 0 Å². The number of hydrogen-bond donors (Lipinski definition) is 1. The lowest BCUT2D eigenvalue weighted by atomic mass is 10.0. The number of nitrogens with one attached hydrogen (secondary N) is 1. The normalized spacial score (nSPS) is 26.4. The molecular weight excluding hydrogens is 214 g/mol. The number of nitrogens with zero attached hydrogens (tertiary/aromatic N) is 2. The van der Waals surface area contributed by atoms with Crippen LogP contribution in [0.4, 0.5) is 0 Å². The minimum atomic E-state index is 0.00924. The van der Waals surface area contributed by atoms with E-state index in [0.717, 1.165) is 39.0 Å². The molecule has 0 aromatic heterocycles. The third-order valence-corrected chi connectivity index (χ3v) is 3.46. The second-order valence-electron chi connectivity index (χ2n) is 5.31. The van der Waals surface area contributed by atoms with Gasteiger partial charge in [0.15, 0.2) is 0 Å². The molecule has 1 aliphatic rings. The van der Waals surface area contributed by atoms with E-state index in [2.05, 4.69) is 31.1 Å². The number of hydrogen-bond acceptors (Lipinski definition) is 3. The molecule has 1 rings (SSSR count). The van der Waals surface area contributed by atoms with Crippen LogP contribution in [0, 0.1) is 5.92 Å². The third kappa shape index (κ3) is 4.28. The molecule has 1 fully saturated rings. The van der Waals surface area contributed by atoms with Crippen LogP contribution in [0.3, 0.4) is 0 Å². The van der Waals surface area contributed by atoms with Gasteiger partial charge in [-0.25, -0.2) is 0 Å². The van der Waals surface area contributed by atoms with Gasteiger partial charge in [-0.05, 0) is 45.8 Å². The average Bonchev–Trinajstić information content (AvgIpc) is 2.40. The van der Waals surface area contributed by atoms with Crippen LogP contribution in [0.1, 0.15) is 33.1 Å². The van der Waals surface area contributed by atoms with Crippen LogP contribution in [0.5, 0.6) is 0 Å². The number of carbonyl (C=O) groups is 1. The molecule has 0 spiro atoms. The topological polar surface area (TPSA) is 35.6 Å². The molecule has 1 saturated heterocycles. The largest absolute Gasteiger partial charge is 0.328 e. The van der Waals surface area contributed by atoms with Crippen molar-refractivity contribution in [3.8, 4) is 0 Å². The summed E-state index contributed by atoms with van der Waals surface area (Å²) in [5, 5.41) is 3.14. The lowest BCUT2D eigenvalue weighted by Gasteiger charge is -2.29. The van der Waals surface area contributed by atoms with Gasteiger partial charge in [-0.1, -0.05) is 13.8 Å². The molecule has 0 aromatic carbocycles. The van der Waals surface area contributed by atoms with Gasteiger partial charge in [0.05, 0.1) is 12.7 Å². The maximum absolute atomic E-state index is 12.3. The Balaban J connectivity index is 2.62. The summed E-state index contributed by atoms with van der Waals surface area (Å²) in [6.45, 7) is 7.10. The molecule has 4 nitrogen and oxygen atoms in total. The zero-order valence-corrected chi connectivity index (χ0v) is 11.7. The highest BCUT2D eigenvalue weighted by molar-refractivity contribution is 5.82. The molecule has 1 aliphatic heterocycles. The van der Waals surface area contributed by atoms with E-state index in [4.69, 9.17) is 0 Å². The van der Waals surface area contributed by atoms with Crippen molar-refractivity contribution in [3.63, 3.8) is 0 Å². The van der Waals surface area contributed by atoms with E-state index >= 15 is 0 Å². The highest BCUT2D eigenvalue weighted by Gasteiger charge is 2.28. The van der Waals surface area contributed by atoms with Crippen molar-refractivity contribution >= 4 is 5.91 Å². The summed E-state index contributed by atoms with van der Waals surface area (Å²) in [7, 11) is 3.97. The molecule has 4 heteroatoms. The van der Waals surface area contributed by atoms with E-state index in [1.165, 1.54) is 0 Å². The molecule has 2 atom stereocenters. The van der Waals surface area contributed by atoms with Crippen molar-refractivity contribution < 1.29 is 4.79 Å². The molecule has 1 heterocycles. The number of likely N-dealkylation sites (N-methyl/N-ethyl adjacent to an activating group) is 1. The number of carbonyl (C=O) groups excluding carboxylic acids is 1. The summed E-state index contributed by atoms with van der Waals surface area (Å²) in [6.07, 6.45) is 3.22. The van der Waals surface area contributed by atoms with E-state index in [0.29, 0.717) is 5.92 Å². The van der Waals surface area contributed by atoms with E-state index in [-0.39, 0.29) is 11.9 Å². The molecule has 0 bridgehead atoms. The predicted octanol–water partition coefficient (Wildman–Crippen LogP) is 1.13. The fraction of sp³-hybridized carbons (Fsp3) is 0.923. The molecule has 1 amide bonds. The smallest absolute Gasteiger partial charge is 0.240 e. The minimum Gasteiger partial charge on any atom is -0.328 e. The van der Waals surface area contributed by atoms with E-state index in [1.54, 1.807) is 0 Å². The highest BCUT2D eigenvalue weighted by Crippen LogP contribution is 2.17. The van der Waals surface area contributed by atoms with Crippen LogP contribution in [-0.4, -0.2) is 55.6 Å². The monoisotopic (exact) mass is 241 g/mol. The molecule has 0 aliphatic carbocycles. The van der Waals surface area contributed by atoms with Gasteiger partial charge in [-0.3, -0.25) is 9.69 Å². The van der Waals surface area contributed by atoms with Crippen LogP contribution < -0.4 is 5.32 Å². The van der Waals surface area contributed by atoms with Crippen LogP contribution in [0.15, 0.2) is 0 Å². The van der Waals surface area contributed by atoms with E-state index < -0.39 is 0 Å². The molecule has 2 unspecified atom stereocenters. The van der Waals surface area contributed by atoms with Gasteiger partial charge in [-0.15, -0.1) is 0 Å². The maximum Gasteiger partial charge on any atom is 0.240 e. The highest BCUT2D eigenvalue weighted by atomic mass is 16.2. The fourth-order valence-corrected chi connectivity index (χ4v) is 2.49. The Bertz CT molecular complexity index is 245. The van der Waals surface area contributed by atoms with Crippen molar-refractivity contribution in [1.82, 2.24) is 15.1 Å². The first-order valence-corrected chi connectivity index (χ1v) is 6.73. The molecule has 0 radical (unpaired) electrons. The lowest BCUT2D eigenvalue weighted by molar-refractivity contribution is -0.135. The van der Waals surface area contributed by atoms with Crippen LogP contribution in [0.25, 0.3) is 0 Å². The summed E-state index contributed by atoms with van der Waals surface area (Å²) in [6, 6.07) is 0.00924. The van der Waals surface area contributed by atoms with Crippen LogP contribution in [0.2, 0.25) is 0 Å². The maximum atomic E-state index is 12.3. The molecular formula is C13H27N3O. The second kappa shape index (κ2) is 6.97. The summed E-state index contributed by atoms with van der Waals surface area (Å²) in [5.41, 5.74) is 0. The summed E-state index contributed by atoms with van der Waals surface area (Å²) < 4.78 is 0. The van der Waals surface area contributed by atoms with Crippen molar-refractivity contribution in [2.45, 2.75) is 39.2 Å². The average molecular weight is 241 g/mol. The molecule has 100 valence electrons. The second-order valence-corrected chi connectivity index (χ2v) is 5.31. The van der Waals surface area contributed by atoms with Crippen LogP contribution >= 0.6 is 0 Å². The Morgan fingerprint density at radius 3 is 2.76 bits per heavy atom. The van der Waals surface area contributed by atoms with Gasteiger partial charge in [0.25, 0.3) is 0 Å². The Kier molecular flexibility index (Phi) is 5.92. The van der Waals surface area contributed by atoms with E-state index in [9.17, 15) is 4.79 Å². The molecule has 0 aromatic rings. The van der Waals surface area contributed by atoms with Crippen molar-refractivity contribution in [2.75, 3.05) is 33.9 Å². The quantitative estimate of drug-likeness (QED) is 0.784. The Morgan fingerprint density at radius 1 is 1.47 bits per heavy atom. The summed E-state index contributed by atoms with van der Waals surface area (Å²) in [5.74, 6) is 0.868. The fourth-order valence-electron chi connectivity index (χ4n) is 2.49. The Morgan fingerprint density at radius 2 is 2.18 bits per heavy atom. The van der Waals surface area contributed by atoms with Crippen LogP contribution in [-0.2, 0) is 4.79 Å². The first kappa shape index (κ1) is 14.5. The van der Waals surface area contributed by atoms with Gasteiger partial charge in [0.1, 0.15) is 0 Å². The number of rotatable bonds is 5. The summed E-state index contributed by atoms with van der Waals surface area (Å²) in [4.78, 5) is 16.5. The third-order valence-electron chi connectivity index (χ3n) is 3.46. The minimum absolute atomic E-state index is 0.00924. The van der Waals surface area contributed by atoms with Crippen molar-refractivity contribution in [2.24, 2.45) is 5.92 Å². The van der Waals surface area contributed by atoms with Crippen molar-refractivity contribution in [3.05, 3.63) is 0 Å². The summed E-state index contributed by atoms with van der Waals surface area (Å²) >= 11 is 0. The van der Waals surface area contributed by atoms with Gasteiger partial charge in [0, 0.05) is 6.54 Å². The van der Waals surface area contributed by atoms with Gasteiger partial charge in [-0.2, -0.15) is 0 Å². The SMILES string of the molecule is CCCN(C)CN1CC(C)CCC(NC)C1=O. The Hall–Kier alpha value is -0.610. The zero-order chi connectivity index (χ0) is 12.8. The van der Waals surface area contributed by atoms with Gasteiger partial charge >= 0.3 is 0 Å². The first-order chi connectivity index (χ1) is 8.08. The molecule has 17 heavy (non-hydrogen) atoms. The first-order valence-electron chi connectivity index (χ1n) is 6.73. The molecule has 1 N–H and O–H groups in total. The molecule has 0 saturated carbocycles. The van der Waals surface area contributed by atoms with E-state index in [1.807, 2.05) is 11.9 Å². The predicted molar refractivity (Wildman–Crippen MR) is 70.7 cm³/mol.